The van der Waals surface area contributed by atoms with E-state index in [4.69, 9.17) is 4.74 Å². The van der Waals surface area contributed by atoms with Gasteiger partial charge in [0.25, 0.3) is 0 Å². The third kappa shape index (κ3) is 3.43. The van der Waals surface area contributed by atoms with Crippen LogP contribution in [0.15, 0.2) is 35.1 Å². The van der Waals surface area contributed by atoms with Crippen molar-refractivity contribution in [1.29, 1.82) is 0 Å². The summed E-state index contributed by atoms with van der Waals surface area (Å²) in [6, 6.07) is 5.80. The van der Waals surface area contributed by atoms with E-state index in [1.165, 1.54) is 0 Å². The zero-order valence-electron chi connectivity index (χ0n) is 10.3. The van der Waals surface area contributed by atoms with Gasteiger partial charge in [-0.05, 0) is 28.9 Å². The molecular weight excluding hydrogens is 294 g/mol. The predicted octanol–water partition coefficient (Wildman–Crippen LogP) is 3.17. The molecule has 2 aromatic rings. The molecule has 94 valence electrons. The molecule has 0 aliphatic rings. The SMILES string of the molecule is COc1cc(C)nc(CNc2cncc(Br)c2)c1. The third-order valence-electron chi connectivity index (χ3n) is 2.39. The van der Waals surface area contributed by atoms with Crippen LogP contribution >= 0.6 is 15.9 Å². The number of nitrogens with zero attached hydrogens (tertiary/aromatic N) is 2. The topological polar surface area (TPSA) is 47.0 Å². The highest BCUT2D eigenvalue weighted by molar-refractivity contribution is 9.10. The summed E-state index contributed by atoms with van der Waals surface area (Å²) in [5.41, 5.74) is 2.83. The van der Waals surface area contributed by atoms with E-state index < -0.39 is 0 Å². The Kier molecular flexibility index (Phi) is 4.15. The second-order valence-electron chi connectivity index (χ2n) is 3.89. The molecule has 0 fully saturated rings. The van der Waals surface area contributed by atoms with E-state index in [0.717, 1.165) is 27.3 Å². The number of ether oxygens (including phenoxy) is 1. The van der Waals surface area contributed by atoms with Crippen LogP contribution in [0.3, 0.4) is 0 Å². The zero-order chi connectivity index (χ0) is 13.0. The number of rotatable bonds is 4. The summed E-state index contributed by atoms with van der Waals surface area (Å²) in [6.45, 7) is 2.59. The lowest BCUT2D eigenvalue weighted by Crippen LogP contribution is -2.03. The fourth-order valence-corrected chi connectivity index (χ4v) is 1.98. The summed E-state index contributed by atoms with van der Waals surface area (Å²) in [6.07, 6.45) is 3.52. The molecule has 2 heterocycles. The fourth-order valence-electron chi connectivity index (χ4n) is 1.61. The van der Waals surface area contributed by atoms with Crippen molar-refractivity contribution in [3.05, 3.63) is 46.5 Å². The Bertz CT molecular complexity index is 546. The summed E-state index contributed by atoms with van der Waals surface area (Å²) in [7, 11) is 1.66. The molecule has 5 heteroatoms. The second kappa shape index (κ2) is 5.82. The number of nitrogens with one attached hydrogen (secondary N) is 1. The molecule has 0 radical (unpaired) electrons. The third-order valence-corrected chi connectivity index (χ3v) is 2.83. The van der Waals surface area contributed by atoms with Gasteiger partial charge in [0.2, 0.25) is 0 Å². The van der Waals surface area contributed by atoms with Gasteiger partial charge in [-0.3, -0.25) is 9.97 Å². The molecule has 0 amide bonds. The number of hydrogen-bond acceptors (Lipinski definition) is 4. The van der Waals surface area contributed by atoms with Crippen LogP contribution < -0.4 is 10.1 Å². The Hall–Kier alpha value is -1.62. The minimum Gasteiger partial charge on any atom is -0.497 e. The number of methoxy groups -OCH3 is 1. The van der Waals surface area contributed by atoms with Gasteiger partial charge in [0, 0.05) is 28.5 Å². The second-order valence-corrected chi connectivity index (χ2v) is 4.80. The summed E-state index contributed by atoms with van der Waals surface area (Å²) in [5, 5.41) is 3.27. The lowest BCUT2D eigenvalue weighted by molar-refractivity contribution is 0.413. The van der Waals surface area contributed by atoms with Gasteiger partial charge >= 0.3 is 0 Å². The van der Waals surface area contributed by atoms with E-state index in [-0.39, 0.29) is 0 Å². The van der Waals surface area contributed by atoms with Crippen LogP contribution in [0.5, 0.6) is 5.75 Å². The van der Waals surface area contributed by atoms with Crippen LogP contribution in [-0.2, 0) is 6.54 Å². The Morgan fingerprint density at radius 1 is 1.28 bits per heavy atom. The van der Waals surface area contributed by atoms with E-state index in [9.17, 15) is 0 Å². The molecule has 0 aromatic carbocycles. The van der Waals surface area contributed by atoms with Crippen LogP contribution in [0.2, 0.25) is 0 Å². The number of pyridine rings is 2. The van der Waals surface area contributed by atoms with Crippen molar-refractivity contribution in [2.45, 2.75) is 13.5 Å². The highest BCUT2D eigenvalue weighted by Gasteiger charge is 2.01. The number of hydrogen-bond donors (Lipinski definition) is 1. The van der Waals surface area contributed by atoms with Crippen LogP contribution in [0.25, 0.3) is 0 Å². The smallest absolute Gasteiger partial charge is 0.122 e. The fraction of sp³-hybridized carbons (Fsp3) is 0.231. The molecule has 1 N–H and O–H groups in total. The van der Waals surface area contributed by atoms with Crippen molar-refractivity contribution >= 4 is 21.6 Å². The van der Waals surface area contributed by atoms with Crippen molar-refractivity contribution in [2.24, 2.45) is 0 Å². The summed E-state index contributed by atoms with van der Waals surface area (Å²) < 4.78 is 6.17. The van der Waals surface area contributed by atoms with E-state index >= 15 is 0 Å². The standard InChI is InChI=1S/C13H14BrN3O/c1-9-3-13(18-2)5-12(17-9)8-16-11-4-10(14)6-15-7-11/h3-7,16H,8H2,1-2H3. The Morgan fingerprint density at radius 2 is 2.11 bits per heavy atom. The average molecular weight is 308 g/mol. The quantitative estimate of drug-likeness (QED) is 0.942. The zero-order valence-corrected chi connectivity index (χ0v) is 11.9. The van der Waals surface area contributed by atoms with E-state index in [0.29, 0.717) is 6.54 Å². The van der Waals surface area contributed by atoms with Gasteiger partial charge in [-0.15, -0.1) is 0 Å². The molecule has 2 rings (SSSR count). The molecule has 0 aliphatic heterocycles. The maximum absolute atomic E-state index is 5.22. The molecule has 0 atom stereocenters. The molecule has 0 saturated carbocycles. The molecule has 4 nitrogen and oxygen atoms in total. The first-order valence-electron chi connectivity index (χ1n) is 5.53. The Morgan fingerprint density at radius 3 is 2.83 bits per heavy atom. The molecule has 0 aliphatic carbocycles. The molecule has 0 spiro atoms. The first-order valence-corrected chi connectivity index (χ1v) is 6.32. The highest BCUT2D eigenvalue weighted by Crippen LogP contribution is 2.16. The lowest BCUT2D eigenvalue weighted by atomic mass is 10.3. The maximum atomic E-state index is 5.22. The first-order chi connectivity index (χ1) is 8.67. The number of halogens is 1. The van der Waals surface area contributed by atoms with E-state index in [1.807, 2.05) is 25.1 Å². The molecule has 2 aromatic heterocycles. The minimum atomic E-state index is 0.635. The molecule has 0 saturated heterocycles. The van der Waals surface area contributed by atoms with Crippen molar-refractivity contribution in [1.82, 2.24) is 9.97 Å². The average Bonchev–Trinajstić information content (AvgIpc) is 2.36. The lowest BCUT2D eigenvalue weighted by Gasteiger charge is -2.08. The normalized spacial score (nSPS) is 10.2. The minimum absolute atomic E-state index is 0.635. The number of anilines is 1. The van der Waals surface area contributed by atoms with Crippen LogP contribution in [0.4, 0.5) is 5.69 Å². The predicted molar refractivity (Wildman–Crippen MR) is 74.8 cm³/mol. The Labute approximate surface area is 115 Å². The van der Waals surface area contributed by atoms with Crippen LogP contribution in [0, 0.1) is 6.92 Å². The Balaban J connectivity index is 2.08. The molecule has 0 bridgehead atoms. The van der Waals surface area contributed by atoms with Crippen molar-refractivity contribution < 1.29 is 4.74 Å². The van der Waals surface area contributed by atoms with Gasteiger partial charge in [0.1, 0.15) is 5.75 Å². The largest absolute Gasteiger partial charge is 0.497 e. The van der Waals surface area contributed by atoms with Gasteiger partial charge in [0.05, 0.1) is 31.2 Å². The van der Waals surface area contributed by atoms with Crippen LogP contribution in [-0.4, -0.2) is 17.1 Å². The molecular formula is C13H14BrN3O. The molecule has 18 heavy (non-hydrogen) atoms. The number of aryl methyl sites for hydroxylation is 1. The van der Waals surface area contributed by atoms with Crippen LogP contribution in [0.1, 0.15) is 11.4 Å². The summed E-state index contributed by atoms with van der Waals surface area (Å²) >= 11 is 3.38. The maximum Gasteiger partial charge on any atom is 0.122 e. The van der Waals surface area contributed by atoms with E-state index in [1.54, 1.807) is 19.5 Å². The van der Waals surface area contributed by atoms with Gasteiger partial charge < -0.3 is 10.1 Å². The van der Waals surface area contributed by atoms with Crippen molar-refractivity contribution in [3.8, 4) is 5.75 Å². The van der Waals surface area contributed by atoms with Crippen molar-refractivity contribution in [2.75, 3.05) is 12.4 Å². The van der Waals surface area contributed by atoms with E-state index in [2.05, 4.69) is 31.2 Å². The highest BCUT2D eigenvalue weighted by atomic mass is 79.9. The first kappa shape index (κ1) is 12.8. The monoisotopic (exact) mass is 307 g/mol. The van der Waals surface area contributed by atoms with Gasteiger partial charge in [0.15, 0.2) is 0 Å². The van der Waals surface area contributed by atoms with Gasteiger partial charge in [-0.25, -0.2) is 0 Å². The van der Waals surface area contributed by atoms with Gasteiger partial charge in [-0.2, -0.15) is 0 Å². The summed E-state index contributed by atoms with van der Waals surface area (Å²) in [4.78, 5) is 8.54. The number of aromatic nitrogens is 2. The van der Waals surface area contributed by atoms with Gasteiger partial charge in [-0.1, -0.05) is 0 Å². The summed E-state index contributed by atoms with van der Waals surface area (Å²) in [5.74, 6) is 0.826. The van der Waals surface area contributed by atoms with Crippen molar-refractivity contribution in [3.63, 3.8) is 0 Å². The molecule has 0 unspecified atom stereocenters.